The predicted octanol–water partition coefficient (Wildman–Crippen LogP) is 2.23. The van der Waals surface area contributed by atoms with Gasteiger partial charge in [0.1, 0.15) is 11.4 Å². The summed E-state index contributed by atoms with van der Waals surface area (Å²) in [6.45, 7) is 2.96. The highest BCUT2D eigenvalue weighted by molar-refractivity contribution is 9.10. The molecule has 0 saturated heterocycles. The molecule has 0 aliphatic carbocycles. The molecule has 14 heteroatoms. The summed E-state index contributed by atoms with van der Waals surface area (Å²) in [5.41, 5.74) is 4.73. The SMILES string of the molecule is Cc1ccc(Br)cc1N=C(NO)c1nonc1NCCn1cc(CNC(=O)c2ccccn2)nn1. The number of amides is 1. The van der Waals surface area contributed by atoms with Crippen LogP contribution in [0.15, 0.2) is 62.9 Å². The molecule has 3 heterocycles. The lowest BCUT2D eigenvalue weighted by Crippen LogP contribution is -2.23. The number of aromatic nitrogens is 6. The molecule has 13 nitrogen and oxygen atoms in total. The first kappa shape index (κ1) is 24.0. The fraction of sp³-hybridized carbons (Fsp3) is 0.190. The zero-order valence-corrected chi connectivity index (χ0v) is 20.1. The van der Waals surface area contributed by atoms with E-state index >= 15 is 0 Å². The van der Waals surface area contributed by atoms with Gasteiger partial charge in [-0.25, -0.2) is 9.62 Å². The molecule has 3 aromatic heterocycles. The zero-order chi connectivity index (χ0) is 24.6. The van der Waals surface area contributed by atoms with Crippen LogP contribution in [-0.2, 0) is 13.1 Å². The van der Waals surface area contributed by atoms with Gasteiger partial charge < -0.3 is 10.6 Å². The van der Waals surface area contributed by atoms with E-state index < -0.39 is 0 Å². The van der Waals surface area contributed by atoms with Gasteiger partial charge in [0.2, 0.25) is 5.82 Å². The Kier molecular flexibility index (Phi) is 7.74. The average molecular weight is 541 g/mol. The number of hydrogen-bond donors (Lipinski definition) is 4. The van der Waals surface area contributed by atoms with E-state index in [0.29, 0.717) is 36.0 Å². The Bertz CT molecular complexity index is 1320. The highest BCUT2D eigenvalue weighted by atomic mass is 79.9. The molecule has 0 aliphatic rings. The molecule has 4 N–H and O–H groups in total. The number of benzene rings is 1. The minimum absolute atomic E-state index is 0.0710. The second kappa shape index (κ2) is 11.3. The maximum absolute atomic E-state index is 12.1. The summed E-state index contributed by atoms with van der Waals surface area (Å²) >= 11 is 3.41. The lowest BCUT2D eigenvalue weighted by molar-refractivity contribution is 0.0945. The van der Waals surface area contributed by atoms with Gasteiger partial charge in [0.05, 0.1) is 25.0 Å². The Hall–Kier alpha value is -4.17. The van der Waals surface area contributed by atoms with E-state index in [1.165, 1.54) is 0 Å². The molecule has 0 aliphatic heterocycles. The van der Waals surface area contributed by atoms with Gasteiger partial charge in [0, 0.05) is 17.2 Å². The van der Waals surface area contributed by atoms with Gasteiger partial charge in [-0.2, -0.15) is 0 Å². The number of aliphatic imine (C=N–C) groups is 1. The second-order valence-electron chi connectivity index (χ2n) is 7.26. The van der Waals surface area contributed by atoms with E-state index in [4.69, 9.17) is 4.63 Å². The Morgan fingerprint density at radius 2 is 2.14 bits per heavy atom. The van der Waals surface area contributed by atoms with E-state index in [0.717, 1.165) is 10.0 Å². The average Bonchev–Trinajstić information content (AvgIpc) is 3.53. The summed E-state index contributed by atoms with van der Waals surface area (Å²) in [6, 6.07) is 10.7. The number of nitrogens with zero attached hydrogens (tertiary/aromatic N) is 7. The van der Waals surface area contributed by atoms with E-state index in [-0.39, 0.29) is 24.0 Å². The van der Waals surface area contributed by atoms with Crippen molar-refractivity contribution < 1.29 is 14.6 Å². The third-order valence-corrected chi connectivity index (χ3v) is 5.26. The monoisotopic (exact) mass is 540 g/mol. The molecule has 0 atom stereocenters. The fourth-order valence-corrected chi connectivity index (χ4v) is 3.34. The van der Waals surface area contributed by atoms with Crippen LogP contribution in [0.3, 0.4) is 0 Å². The summed E-state index contributed by atoms with van der Waals surface area (Å²) < 4.78 is 7.30. The van der Waals surface area contributed by atoms with Crippen LogP contribution in [0.4, 0.5) is 11.5 Å². The van der Waals surface area contributed by atoms with Crippen LogP contribution >= 0.6 is 15.9 Å². The number of hydrogen-bond acceptors (Lipinski definition) is 10. The van der Waals surface area contributed by atoms with E-state index in [9.17, 15) is 10.0 Å². The molecular formula is C21H21BrN10O3. The van der Waals surface area contributed by atoms with Crippen molar-refractivity contribution in [1.82, 2.24) is 41.1 Å². The molecule has 35 heavy (non-hydrogen) atoms. The first-order valence-corrected chi connectivity index (χ1v) is 11.2. The largest absolute Gasteiger partial charge is 0.363 e. The molecule has 180 valence electrons. The van der Waals surface area contributed by atoms with Crippen LogP contribution in [0.2, 0.25) is 0 Å². The highest BCUT2D eigenvalue weighted by Gasteiger charge is 2.17. The Balaban J connectivity index is 1.33. The fourth-order valence-electron chi connectivity index (χ4n) is 2.99. The van der Waals surface area contributed by atoms with Crippen LogP contribution in [0, 0.1) is 6.92 Å². The minimum Gasteiger partial charge on any atom is -0.363 e. The van der Waals surface area contributed by atoms with Gasteiger partial charge in [0.25, 0.3) is 5.91 Å². The van der Waals surface area contributed by atoms with Crippen molar-refractivity contribution in [2.75, 3.05) is 11.9 Å². The molecule has 4 aromatic rings. The quantitative estimate of drug-likeness (QED) is 0.140. The number of carbonyl (C=O) groups excluding carboxylic acids is 1. The summed E-state index contributed by atoms with van der Waals surface area (Å²) in [6.07, 6.45) is 3.28. The Labute approximate surface area is 207 Å². The van der Waals surface area contributed by atoms with Crippen LogP contribution in [-0.4, -0.2) is 53.8 Å². The first-order valence-electron chi connectivity index (χ1n) is 10.4. The topological polar surface area (TPSA) is 168 Å². The molecule has 0 unspecified atom stereocenters. The number of rotatable bonds is 9. The lowest BCUT2D eigenvalue weighted by Gasteiger charge is -2.07. The molecule has 1 amide bonds. The zero-order valence-electron chi connectivity index (χ0n) is 18.5. The van der Waals surface area contributed by atoms with Crippen molar-refractivity contribution in [2.24, 2.45) is 4.99 Å². The molecule has 4 rings (SSSR count). The van der Waals surface area contributed by atoms with Crippen molar-refractivity contribution >= 4 is 39.2 Å². The third kappa shape index (κ3) is 6.24. The van der Waals surface area contributed by atoms with E-state index in [1.54, 1.807) is 35.3 Å². The van der Waals surface area contributed by atoms with E-state index in [1.807, 2.05) is 25.1 Å². The Morgan fingerprint density at radius 3 is 2.94 bits per heavy atom. The van der Waals surface area contributed by atoms with Crippen molar-refractivity contribution in [3.05, 3.63) is 75.9 Å². The van der Waals surface area contributed by atoms with Gasteiger partial charge in [-0.15, -0.1) is 5.10 Å². The van der Waals surface area contributed by atoms with Crippen LogP contribution in [0.5, 0.6) is 0 Å². The standard InChI is InChI=1S/C21H21BrN10O3/c1-13-5-6-14(22)10-17(13)26-20(28-34)18-19(30-35-29-18)24-8-9-32-12-15(27-31-32)11-25-21(33)16-4-2-3-7-23-16/h2-7,10,12,34H,8-9,11H2,1H3,(H,24,30)(H,25,33)(H,26,28). The van der Waals surface area contributed by atoms with Gasteiger partial charge >= 0.3 is 0 Å². The maximum atomic E-state index is 12.1. The van der Waals surface area contributed by atoms with Crippen molar-refractivity contribution in [3.63, 3.8) is 0 Å². The molecule has 0 radical (unpaired) electrons. The number of halogens is 1. The number of carbonyl (C=O) groups is 1. The summed E-state index contributed by atoms with van der Waals surface area (Å²) in [5.74, 6) is 0.0726. The van der Waals surface area contributed by atoms with Gasteiger partial charge in [-0.05, 0) is 47.1 Å². The minimum atomic E-state index is -0.291. The Morgan fingerprint density at radius 1 is 1.26 bits per heavy atom. The molecule has 0 saturated carbocycles. The van der Waals surface area contributed by atoms with Gasteiger partial charge in [0.15, 0.2) is 11.5 Å². The van der Waals surface area contributed by atoms with Crippen LogP contribution in [0.1, 0.15) is 27.4 Å². The van der Waals surface area contributed by atoms with Crippen molar-refractivity contribution in [1.29, 1.82) is 0 Å². The molecule has 0 fully saturated rings. The predicted molar refractivity (Wildman–Crippen MR) is 128 cm³/mol. The number of aryl methyl sites for hydroxylation is 1. The number of hydroxylamine groups is 1. The maximum Gasteiger partial charge on any atom is 0.270 e. The van der Waals surface area contributed by atoms with Crippen LogP contribution in [0.25, 0.3) is 0 Å². The van der Waals surface area contributed by atoms with E-state index in [2.05, 4.69) is 62.6 Å². The number of anilines is 1. The number of nitrogens with one attached hydrogen (secondary N) is 3. The van der Waals surface area contributed by atoms with Crippen LogP contribution < -0.4 is 16.1 Å². The van der Waals surface area contributed by atoms with Gasteiger partial charge in [-0.1, -0.05) is 33.3 Å². The van der Waals surface area contributed by atoms with Crippen molar-refractivity contribution in [2.45, 2.75) is 20.0 Å². The lowest BCUT2D eigenvalue weighted by atomic mass is 10.2. The molecule has 1 aromatic carbocycles. The number of pyridine rings is 1. The molecule has 0 spiro atoms. The summed E-state index contributed by atoms with van der Waals surface area (Å²) in [5, 5.41) is 31.2. The van der Waals surface area contributed by atoms with Gasteiger partial charge in [-0.3, -0.25) is 25.1 Å². The normalized spacial score (nSPS) is 11.3. The molecular weight excluding hydrogens is 520 g/mol. The van der Waals surface area contributed by atoms with Crippen molar-refractivity contribution in [3.8, 4) is 0 Å². The summed E-state index contributed by atoms with van der Waals surface area (Å²) in [7, 11) is 0. The first-order chi connectivity index (χ1) is 17.0. The molecule has 0 bridgehead atoms. The highest BCUT2D eigenvalue weighted by Crippen LogP contribution is 2.24. The summed E-state index contributed by atoms with van der Waals surface area (Å²) in [4.78, 5) is 20.5. The smallest absolute Gasteiger partial charge is 0.270 e. The third-order valence-electron chi connectivity index (χ3n) is 4.77. The second-order valence-corrected chi connectivity index (χ2v) is 8.18. The number of amidine groups is 1.